The maximum atomic E-state index is 13.3. The fourth-order valence-corrected chi connectivity index (χ4v) is 3.24. The highest BCUT2D eigenvalue weighted by atomic mass is 19.1. The second kappa shape index (κ2) is 5.85. The summed E-state index contributed by atoms with van der Waals surface area (Å²) in [6.45, 7) is 7.03. The Morgan fingerprint density at radius 1 is 1.43 bits per heavy atom. The summed E-state index contributed by atoms with van der Waals surface area (Å²) in [4.78, 5) is 30.6. The van der Waals surface area contributed by atoms with Crippen LogP contribution in [0.25, 0.3) is 0 Å². The van der Waals surface area contributed by atoms with Crippen LogP contribution in [-0.2, 0) is 16.1 Å². The smallest absolute Gasteiger partial charge is 0.328 e. The summed E-state index contributed by atoms with van der Waals surface area (Å²) >= 11 is 0. The van der Waals surface area contributed by atoms with Gasteiger partial charge in [0.2, 0.25) is 5.82 Å². The van der Waals surface area contributed by atoms with Crippen LogP contribution in [0.1, 0.15) is 33.6 Å². The standard InChI is InChI=1S/C15H22FN3O4/c1-15(2,3)22-12-4-5-19-11(12)6-9(23-19)7-18-8-10(16)13(20)17-14(18)21/h8-9,11-12H,4-7H2,1-3H3,(H,17,20,21)/t9-,11-,12+/m1/s1. The zero-order valence-electron chi connectivity index (χ0n) is 13.5. The second-order valence-electron chi connectivity index (χ2n) is 7.12. The number of aromatic amines is 1. The molecular formula is C15H22FN3O4. The van der Waals surface area contributed by atoms with E-state index < -0.39 is 17.1 Å². The number of fused-ring (bicyclic) bond motifs is 1. The van der Waals surface area contributed by atoms with Gasteiger partial charge in [-0.3, -0.25) is 19.2 Å². The number of hydrogen-bond acceptors (Lipinski definition) is 5. The van der Waals surface area contributed by atoms with Crippen LogP contribution in [0.5, 0.6) is 0 Å². The molecule has 0 radical (unpaired) electrons. The number of halogens is 1. The molecule has 8 heteroatoms. The van der Waals surface area contributed by atoms with Crippen LogP contribution in [0.15, 0.2) is 15.8 Å². The molecule has 3 rings (SSSR count). The van der Waals surface area contributed by atoms with Crippen molar-refractivity contribution in [2.75, 3.05) is 6.54 Å². The summed E-state index contributed by atoms with van der Waals surface area (Å²) in [6, 6.07) is 0.141. The summed E-state index contributed by atoms with van der Waals surface area (Å²) in [5.41, 5.74) is -1.86. The van der Waals surface area contributed by atoms with Gasteiger partial charge in [0, 0.05) is 6.54 Å². The highest BCUT2D eigenvalue weighted by Crippen LogP contribution is 2.34. The Kier molecular flexibility index (Phi) is 4.16. The van der Waals surface area contributed by atoms with Gasteiger partial charge in [-0.25, -0.2) is 4.79 Å². The number of H-pyrrole nitrogens is 1. The first-order valence-corrected chi connectivity index (χ1v) is 7.83. The highest BCUT2D eigenvalue weighted by Gasteiger charge is 2.45. The van der Waals surface area contributed by atoms with Crippen molar-refractivity contribution < 1.29 is 14.0 Å². The first-order chi connectivity index (χ1) is 10.7. The number of aromatic nitrogens is 2. The maximum absolute atomic E-state index is 13.3. The fraction of sp³-hybridized carbons (Fsp3) is 0.733. The van der Waals surface area contributed by atoms with Crippen molar-refractivity contribution in [1.29, 1.82) is 0 Å². The van der Waals surface area contributed by atoms with Crippen molar-refractivity contribution in [3.63, 3.8) is 0 Å². The fourth-order valence-electron chi connectivity index (χ4n) is 3.24. The second-order valence-corrected chi connectivity index (χ2v) is 7.12. The van der Waals surface area contributed by atoms with Gasteiger partial charge in [-0.1, -0.05) is 0 Å². The van der Waals surface area contributed by atoms with E-state index in [4.69, 9.17) is 9.57 Å². The van der Waals surface area contributed by atoms with E-state index in [-0.39, 0.29) is 30.4 Å². The van der Waals surface area contributed by atoms with Crippen molar-refractivity contribution in [2.24, 2.45) is 0 Å². The molecule has 2 aliphatic rings. The third kappa shape index (κ3) is 3.54. The molecule has 23 heavy (non-hydrogen) atoms. The molecule has 2 saturated heterocycles. The van der Waals surface area contributed by atoms with Gasteiger partial charge < -0.3 is 4.74 Å². The summed E-state index contributed by atoms with van der Waals surface area (Å²) in [5.74, 6) is -0.975. The SMILES string of the molecule is CC(C)(C)O[C@H]1CCN2O[C@@H](Cn3cc(F)c(=O)[nH]c3=O)C[C@H]12. The van der Waals surface area contributed by atoms with Crippen LogP contribution in [-0.4, -0.2) is 45.0 Å². The molecule has 0 bridgehead atoms. The van der Waals surface area contributed by atoms with Crippen molar-refractivity contribution >= 4 is 0 Å². The Balaban J connectivity index is 1.68. The summed E-state index contributed by atoms with van der Waals surface area (Å²) in [6.07, 6.45) is 2.38. The van der Waals surface area contributed by atoms with E-state index in [2.05, 4.69) is 0 Å². The molecule has 0 aromatic carbocycles. The summed E-state index contributed by atoms with van der Waals surface area (Å²) in [5, 5.41) is 1.90. The molecule has 0 amide bonds. The van der Waals surface area contributed by atoms with Gasteiger partial charge in [0.15, 0.2) is 0 Å². The largest absolute Gasteiger partial charge is 0.371 e. The predicted molar refractivity (Wildman–Crippen MR) is 80.5 cm³/mol. The monoisotopic (exact) mass is 327 g/mol. The van der Waals surface area contributed by atoms with E-state index in [0.717, 1.165) is 23.7 Å². The number of rotatable bonds is 3. The van der Waals surface area contributed by atoms with E-state index >= 15 is 0 Å². The van der Waals surface area contributed by atoms with Crippen molar-refractivity contribution in [3.05, 3.63) is 32.9 Å². The van der Waals surface area contributed by atoms with Gasteiger partial charge in [-0.15, -0.1) is 0 Å². The molecule has 0 spiro atoms. The van der Waals surface area contributed by atoms with E-state index in [1.165, 1.54) is 0 Å². The molecule has 3 heterocycles. The average molecular weight is 327 g/mol. The van der Waals surface area contributed by atoms with Crippen molar-refractivity contribution in [2.45, 2.75) is 64.0 Å². The first kappa shape index (κ1) is 16.4. The lowest BCUT2D eigenvalue weighted by atomic mass is 10.0. The van der Waals surface area contributed by atoms with Gasteiger partial charge in [0.1, 0.15) is 0 Å². The van der Waals surface area contributed by atoms with Gasteiger partial charge in [-0.2, -0.15) is 9.45 Å². The summed E-state index contributed by atoms with van der Waals surface area (Å²) in [7, 11) is 0. The molecule has 1 N–H and O–H groups in total. The van der Waals surface area contributed by atoms with Crippen LogP contribution in [0.3, 0.4) is 0 Å². The first-order valence-electron chi connectivity index (χ1n) is 7.83. The highest BCUT2D eigenvalue weighted by molar-refractivity contribution is 4.93. The van der Waals surface area contributed by atoms with Gasteiger partial charge in [0.25, 0.3) is 5.56 Å². The number of ether oxygens (including phenoxy) is 1. The van der Waals surface area contributed by atoms with Gasteiger partial charge in [-0.05, 0) is 33.6 Å². The Morgan fingerprint density at radius 3 is 2.87 bits per heavy atom. The lowest BCUT2D eigenvalue weighted by molar-refractivity contribution is -0.161. The minimum Gasteiger partial charge on any atom is -0.371 e. The number of nitrogens with zero attached hydrogens (tertiary/aromatic N) is 2. The lowest BCUT2D eigenvalue weighted by Gasteiger charge is -2.27. The minimum absolute atomic E-state index is 0.0871. The van der Waals surface area contributed by atoms with Gasteiger partial charge >= 0.3 is 5.69 Å². The normalized spacial score (nSPS) is 28.3. The van der Waals surface area contributed by atoms with E-state index in [0.29, 0.717) is 6.42 Å². The molecule has 0 unspecified atom stereocenters. The number of hydrogen-bond donors (Lipinski definition) is 1. The van der Waals surface area contributed by atoms with Crippen molar-refractivity contribution in [3.8, 4) is 0 Å². The van der Waals surface area contributed by atoms with Crippen molar-refractivity contribution in [1.82, 2.24) is 14.6 Å². The minimum atomic E-state index is -1.00. The molecule has 2 fully saturated rings. The number of hydroxylamine groups is 2. The molecular weight excluding hydrogens is 305 g/mol. The van der Waals surface area contributed by atoms with Crippen LogP contribution in [0.4, 0.5) is 4.39 Å². The molecule has 128 valence electrons. The Morgan fingerprint density at radius 2 is 2.17 bits per heavy atom. The molecule has 0 aliphatic carbocycles. The topological polar surface area (TPSA) is 76.6 Å². The average Bonchev–Trinajstić information content (AvgIpc) is 2.96. The molecule has 0 saturated carbocycles. The van der Waals surface area contributed by atoms with E-state index in [1.807, 2.05) is 30.8 Å². The zero-order chi connectivity index (χ0) is 16.8. The van der Waals surface area contributed by atoms with E-state index in [1.54, 1.807) is 0 Å². The maximum Gasteiger partial charge on any atom is 0.328 e. The van der Waals surface area contributed by atoms with Crippen LogP contribution < -0.4 is 11.2 Å². The molecule has 1 aromatic rings. The summed E-state index contributed by atoms with van der Waals surface area (Å²) < 4.78 is 20.6. The third-order valence-electron chi connectivity index (χ3n) is 4.09. The Hall–Kier alpha value is -1.51. The van der Waals surface area contributed by atoms with Crippen LogP contribution in [0, 0.1) is 5.82 Å². The van der Waals surface area contributed by atoms with Gasteiger partial charge in [0.05, 0.1) is 36.6 Å². The lowest BCUT2D eigenvalue weighted by Crippen LogP contribution is -2.36. The molecule has 2 aliphatic heterocycles. The Labute approximate surface area is 133 Å². The van der Waals surface area contributed by atoms with Crippen LogP contribution in [0.2, 0.25) is 0 Å². The quantitative estimate of drug-likeness (QED) is 0.881. The third-order valence-corrected chi connectivity index (χ3v) is 4.09. The van der Waals surface area contributed by atoms with Crippen LogP contribution >= 0.6 is 0 Å². The Bertz CT molecular complexity index is 693. The molecule has 1 aromatic heterocycles. The number of nitrogens with one attached hydrogen (secondary N) is 1. The molecule has 3 atom stereocenters. The zero-order valence-corrected chi connectivity index (χ0v) is 13.5. The predicted octanol–water partition coefficient (Wildman–Crippen LogP) is 0.638. The molecule has 7 nitrogen and oxygen atoms in total. The van der Waals surface area contributed by atoms with E-state index in [9.17, 15) is 14.0 Å².